The highest BCUT2D eigenvalue weighted by Gasteiger charge is 2.30. The van der Waals surface area contributed by atoms with Crippen LogP contribution >= 0.6 is 0 Å². The molecule has 1 atom stereocenters. The quantitative estimate of drug-likeness (QED) is 0.375. The van der Waals surface area contributed by atoms with Crippen molar-refractivity contribution in [2.24, 2.45) is 5.92 Å². The van der Waals surface area contributed by atoms with Crippen molar-refractivity contribution in [3.05, 3.63) is 64.2 Å². The molecule has 0 saturated heterocycles. The van der Waals surface area contributed by atoms with Crippen LogP contribution in [0.15, 0.2) is 36.4 Å². The van der Waals surface area contributed by atoms with Crippen LogP contribution in [0.4, 0.5) is 0 Å². The van der Waals surface area contributed by atoms with Crippen molar-refractivity contribution in [2.75, 3.05) is 6.61 Å². The lowest BCUT2D eigenvalue weighted by Crippen LogP contribution is -2.22. The summed E-state index contributed by atoms with van der Waals surface area (Å²) in [7, 11) is 0. The van der Waals surface area contributed by atoms with Crippen molar-refractivity contribution in [3.8, 4) is 5.75 Å². The average molecular weight is 425 g/mol. The average Bonchev–Trinajstić information content (AvgIpc) is 2.67. The minimum atomic E-state index is -0.498. The lowest BCUT2D eigenvalue weighted by Gasteiger charge is -2.26. The van der Waals surface area contributed by atoms with E-state index in [2.05, 4.69) is 34.6 Å². The van der Waals surface area contributed by atoms with Crippen molar-refractivity contribution >= 4 is 11.9 Å². The predicted molar refractivity (Wildman–Crippen MR) is 125 cm³/mol. The molecular formula is C27H36O4. The van der Waals surface area contributed by atoms with Crippen LogP contribution in [0.2, 0.25) is 0 Å². The highest BCUT2D eigenvalue weighted by Crippen LogP contribution is 2.39. The maximum absolute atomic E-state index is 12.9. The molecule has 0 aliphatic rings. The molecule has 0 fully saturated rings. The summed E-state index contributed by atoms with van der Waals surface area (Å²) in [5.41, 5.74) is 4.08. The Morgan fingerprint density at radius 3 is 2.13 bits per heavy atom. The fourth-order valence-corrected chi connectivity index (χ4v) is 3.54. The Morgan fingerprint density at radius 2 is 1.61 bits per heavy atom. The Hall–Kier alpha value is -2.62. The van der Waals surface area contributed by atoms with E-state index in [1.54, 1.807) is 19.1 Å². The van der Waals surface area contributed by atoms with Crippen LogP contribution in [0.1, 0.15) is 86.5 Å². The number of hydrogen-bond donors (Lipinski definition) is 0. The summed E-state index contributed by atoms with van der Waals surface area (Å²) in [5, 5.41) is 0. The van der Waals surface area contributed by atoms with Gasteiger partial charge in [0.15, 0.2) is 0 Å². The standard InChI is InChI=1S/C27H36O4/c1-9-30-26(29)23(14-17(2)3)22-16-21(27(6,7)8)15-19(5)24(22)31-25(28)20-12-10-18(4)11-13-20/h10-13,15-17,23H,9,14H2,1-8H3. The third-order valence-electron chi connectivity index (χ3n) is 5.31. The molecule has 0 spiro atoms. The van der Waals surface area contributed by atoms with Crippen LogP contribution in [0.3, 0.4) is 0 Å². The molecule has 1 unspecified atom stereocenters. The van der Waals surface area contributed by atoms with Crippen molar-refractivity contribution in [1.82, 2.24) is 0 Å². The summed E-state index contributed by atoms with van der Waals surface area (Å²) >= 11 is 0. The van der Waals surface area contributed by atoms with Gasteiger partial charge >= 0.3 is 11.9 Å². The number of ether oxygens (including phenoxy) is 2. The molecule has 0 aliphatic heterocycles. The molecule has 168 valence electrons. The molecule has 2 aromatic carbocycles. The van der Waals surface area contributed by atoms with Gasteiger partial charge < -0.3 is 9.47 Å². The van der Waals surface area contributed by atoms with Gasteiger partial charge in [0.05, 0.1) is 18.1 Å². The van der Waals surface area contributed by atoms with E-state index in [4.69, 9.17) is 9.47 Å². The highest BCUT2D eigenvalue weighted by molar-refractivity contribution is 5.92. The summed E-state index contributed by atoms with van der Waals surface area (Å²) < 4.78 is 11.3. The first kappa shape index (κ1) is 24.6. The SMILES string of the molecule is CCOC(=O)C(CC(C)C)c1cc(C(C)(C)C)cc(C)c1OC(=O)c1ccc(C)cc1. The smallest absolute Gasteiger partial charge is 0.343 e. The van der Waals surface area contributed by atoms with E-state index in [1.807, 2.05) is 38.1 Å². The number of aryl methyl sites for hydroxylation is 2. The number of rotatable bonds is 7. The molecule has 0 heterocycles. The minimum absolute atomic E-state index is 0.115. The van der Waals surface area contributed by atoms with Crippen LogP contribution in [-0.4, -0.2) is 18.5 Å². The molecule has 2 rings (SSSR count). The molecule has 0 aromatic heterocycles. The largest absolute Gasteiger partial charge is 0.466 e. The van der Waals surface area contributed by atoms with Crippen LogP contribution in [0, 0.1) is 19.8 Å². The van der Waals surface area contributed by atoms with Gasteiger partial charge in [-0.1, -0.05) is 64.4 Å². The van der Waals surface area contributed by atoms with Gasteiger partial charge in [0.25, 0.3) is 0 Å². The third kappa shape index (κ3) is 6.43. The van der Waals surface area contributed by atoms with E-state index in [-0.39, 0.29) is 17.3 Å². The second kappa shape index (κ2) is 10.1. The van der Waals surface area contributed by atoms with E-state index < -0.39 is 11.9 Å². The van der Waals surface area contributed by atoms with Gasteiger partial charge in [-0.25, -0.2) is 4.79 Å². The van der Waals surface area contributed by atoms with E-state index in [1.165, 1.54) is 0 Å². The summed E-state index contributed by atoms with van der Waals surface area (Å²) in [5.74, 6) is -0.484. The minimum Gasteiger partial charge on any atom is -0.466 e. The zero-order valence-corrected chi connectivity index (χ0v) is 20.2. The second-order valence-corrected chi connectivity index (χ2v) is 9.65. The maximum Gasteiger partial charge on any atom is 0.343 e. The van der Waals surface area contributed by atoms with Crippen molar-refractivity contribution in [2.45, 2.75) is 73.1 Å². The lowest BCUT2D eigenvalue weighted by atomic mass is 9.81. The molecule has 4 nitrogen and oxygen atoms in total. The fourth-order valence-electron chi connectivity index (χ4n) is 3.54. The first-order valence-corrected chi connectivity index (χ1v) is 11.0. The summed E-state index contributed by atoms with van der Waals surface area (Å²) in [4.78, 5) is 25.8. The van der Waals surface area contributed by atoms with Crippen molar-refractivity contribution in [1.29, 1.82) is 0 Å². The van der Waals surface area contributed by atoms with E-state index in [9.17, 15) is 9.59 Å². The first-order chi connectivity index (χ1) is 14.4. The monoisotopic (exact) mass is 424 g/mol. The Balaban J connectivity index is 2.60. The van der Waals surface area contributed by atoms with Crippen LogP contribution in [0.25, 0.3) is 0 Å². The van der Waals surface area contributed by atoms with Gasteiger partial charge in [0.2, 0.25) is 0 Å². The Labute approximate surface area is 187 Å². The molecule has 4 heteroatoms. The summed E-state index contributed by atoms with van der Waals surface area (Å²) in [6, 6.07) is 11.3. The summed E-state index contributed by atoms with van der Waals surface area (Å²) in [6.07, 6.45) is 0.612. The van der Waals surface area contributed by atoms with E-state index in [0.29, 0.717) is 24.3 Å². The molecule has 0 N–H and O–H groups in total. The molecule has 0 saturated carbocycles. The van der Waals surface area contributed by atoms with Gasteiger partial charge in [-0.2, -0.15) is 0 Å². The zero-order valence-electron chi connectivity index (χ0n) is 20.2. The Kier molecular flexibility index (Phi) is 8.05. The van der Waals surface area contributed by atoms with Gasteiger partial charge in [0.1, 0.15) is 5.75 Å². The van der Waals surface area contributed by atoms with Crippen LogP contribution < -0.4 is 4.74 Å². The topological polar surface area (TPSA) is 52.6 Å². The zero-order chi connectivity index (χ0) is 23.3. The Morgan fingerprint density at radius 1 is 1.00 bits per heavy atom. The molecule has 31 heavy (non-hydrogen) atoms. The second-order valence-electron chi connectivity index (χ2n) is 9.65. The lowest BCUT2D eigenvalue weighted by molar-refractivity contribution is -0.145. The van der Waals surface area contributed by atoms with Crippen molar-refractivity contribution < 1.29 is 19.1 Å². The highest BCUT2D eigenvalue weighted by atomic mass is 16.5. The van der Waals surface area contributed by atoms with E-state index in [0.717, 1.165) is 22.3 Å². The molecule has 2 aromatic rings. The number of hydrogen-bond acceptors (Lipinski definition) is 4. The Bertz CT molecular complexity index is 917. The number of carbonyl (C=O) groups excluding carboxylic acids is 2. The van der Waals surface area contributed by atoms with Gasteiger partial charge in [-0.15, -0.1) is 0 Å². The number of carbonyl (C=O) groups is 2. The predicted octanol–water partition coefficient (Wildman–Crippen LogP) is 6.51. The van der Waals surface area contributed by atoms with Gasteiger partial charge in [-0.3, -0.25) is 4.79 Å². The fraction of sp³-hybridized carbons (Fsp3) is 0.481. The maximum atomic E-state index is 12.9. The summed E-state index contributed by atoms with van der Waals surface area (Å²) in [6.45, 7) is 16.5. The molecule has 0 bridgehead atoms. The van der Waals surface area contributed by atoms with Gasteiger partial charge in [0, 0.05) is 5.56 Å². The van der Waals surface area contributed by atoms with Crippen LogP contribution in [0.5, 0.6) is 5.75 Å². The normalized spacial score (nSPS) is 12.5. The number of esters is 2. The third-order valence-corrected chi connectivity index (χ3v) is 5.31. The molecular weight excluding hydrogens is 388 g/mol. The van der Waals surface area contributed by atoms with Crippen molar-refractivity contribution in [3.63, 3.8) is 0 Å². The molecule has 0 amide bonds. The number of benzene rings is 2. The van der Waals surface area contributed by atoms with Crippen LogP contribution in [-0.2, 0) is 14.9 Å². The van der Waals surface area contributed by atoms with Gasteiger partial charge in [-0.05, 0) is 61.8 Å². The molecule has 0 radical (unpaired) electrons. The van der Waals surface area contributed by atoms with E-state index >= 15 is 0 Å². The molecule has 0 aliphatic carbocycles. The first-order valence-electron chi connectivity index (χ1n) is 11.0.